The van der Waals surface area contributed by atoms with Crippen molar-refractivity contribution in [3.05, 3.63) is 50.6 Å². The van der Waals surface area contributed by atoms with Crippen molar-refractivity contribution in [1.82, 2.24) is 14.9 Å². The molecule has 1 aromatic carbocycles. The minimum absolute atomic E-state index is 0.0287. The molecule has 2 heterocycles. The number of nitrogens with zero attached hydrogens (tertiary/aromatic N) is 2. The smallest absolute Gasteiger partial charge is 0.263 e. The topological polar surface area (TPSA) is 73.2 Å². The summed E-state index contributed by atoms with van der Waals surface area (Å²) in [6, 6.07) is 7.81. The van der Waals surface area contributed by atoms with Crippen LogP contribution in [-0.2, 0) is 17.8 Å². The minimum Gasteiger partial charge on any atom is -0.497 e. The van der Waals surface area contributed by atoms with E-state index in [-0.39, 0.29) is 16.7 Å². The van der Waals surface area contributed by atoms with Gasteiger partial charge < -0.3 is 10.1 Å². The molecule has 0 saturated carbocycles. The first-order valence-electron chi connectivity index (χ1n) is 9.93. The maximum absolute atomic E-state index is 12.9. The van der Waals surface area contributed by atoms with Crippen LogP contribution in [0.25, 0.3) is 10.2 Å². The highest BCUT2D eigenvalue weighted by Crippen LogP contribution is 2.29. The SMILES string of the molecule is CCn1c(SC(C)C(=O)NCCc2ccc(OC)cc2)nc2sc(C)c(C)c2c1=O. The molecule has 0 aliphatic heterocycles. The third kappa shape index (κ3) is 4.70. The van der Waals surface area contributed by atoms with Crippen LogP contribution in [0.2, 0.25) is 0 Å². The van der Waals surface area contributed by atoms with Gasteiger partial charge in [0, 0.05) is 18.0 Å². The lowest BCUT2D eigenvalue weighted by molar-refractivity contribution is -0.120. The highest BCUT2D eigenvalue weighted by atomic mass is 32.2. The van der Waals surface area contributed by atoms with Crippen molar-refractivity contribution in [1.29, 1.82) is 0 Å². The predicted molar refractivity (Wildman–Crippen MR) is 124 cm³/mol. The van der Waals surface area contributed by atoms with Gasteiger partial charge in [0.25, 0.3) is 5.56 Å². The molecule has 3 rings (SSSR count). The second-order valence-electron chi connectivity index (χ2n) is 7.06. The fourth-order valence-corrected chi connectivity index (χ4v) is 5.22. The van der Waals surface area contributed by atoms with Crippen LogP contribution < -0.4 is 15.6 Å². The van der Waals surface area contributed by atoms with Crippen molar-refractivity contribution in [2.75, 3.05) is 13.7 Å². The minimum atomic E-state index is -0.356. The largest absolute Gasteiger partial charge is 0.497 e. The molecule has 1 unspecified atom stereocenters. The van der Waals surface area contributed by atoms with Crippen LogP contribution in [0.4, 0.5) is 0 Å². The van der Waals surface area contributed by atoms with E-state index in [9.17, 15) is 9.59 Å². The standard InChI is InChI=1S/C22H27N3O3S2/c1-6-25-21(27)18-13(2)14(3)29-20(18)24-22(25)30-15(4)19(26)23-12-11-16-7-9-17(28-5)10-8-16/h7-10,15H,6,11-12H2,1-5H3,(H,23,26). The number of nitrogens with one attached hydrogen (secondary N) is 1. The molecule has 0 radical (unpaired) electrons. The summed E-state index contributed by atoms with van der Waals surface area (Å²) in [5, 5.41) is 3.91. The molecule has 1 amide bonds. The van der Waals surface area contributed by atoms with Gasteiger partial charge in [0.15, 0.2) is 5.16 Å². The van der Waals surface area contributed by atoms with Gasteiger partial charge in [-0.2, -0.15) is 0 Å². The molecule has 30 heavy (non-hydrogen) atoms. The lowest BCUT2D eigenvalue weighted by Crippen LogP contribution is -2.33. The van der Waals surface area contributed by atoms with Crippen molar-refractivity contribution in [2.45, 2.75) is 51.1 Å². The van der Waals surface area contributed by atoms with Crippen LogP contribution in [0.15, 0.2) is 34.2 Å². The van der Waals surface area contributed by atoms with Crippen LogP contribution in [0.5, 0.6) is 5.75 Å². The fourth-order valence-electron chi connectivity index (χ4n) is 3.16. The molecular formula is C22H27N3O3S2. The average molecular weight is 446 g/mol. The molecule has 0 aliphatic carbocycles. The molecule has 1 atom stereocenters. The van der Waals surface area contributed by atoms with E-state index in [0.29, 0.717) is 23.6 Å². The van der Waals surface area contributed by atoms with Gasteiger partial charge in [0.1, 0.15) is 10.6 Å². The summed E-state index contributed by atoms with van der Waals surface area (Å²) in [5.74, 6) is 0.749. The summed E-state index contributed by atoms with van der Waals surface area (Å²) in [5.41, 5.74) is 2.10. The van der Waals surface area contributed by atoms with Crippen molar-refractivity contribution in [3.63, 3.8) is 0 Å². The maximum atomic E-state index is 12.9. The molecular weight excluding hydrogens is 418 g/mol. The summed E-state index contributed by atoms with van der Waals surface area (Å²) in [7, 11) is 1.64. The first-order chi connectivity index (χ1) is 14.3. The third-order valence-corrected chi connectivity index (χ3v) is 7.28. The van der Waals surface area contributed by atoms with E-state index in [2.05, 4.69) is 5.32 Å². The number of rotatable bonds is 8. The second-order valence-corrected chi connectivity index (χ2v) is 9.57. The van der Waals surface area contributed by atoms with Crippen LogP contribution in [0.1, 0.15) is 29.9 Å². The Bertz CT molecular complexity index is 1100. The van der Waals surface area contributed by atoms with Gasteiger partial charge >= 0.3 is 0 Å². The molecule has 2 aromatic heterocycles. The number of carbonyl (C=O) groups excluding carboxylic acids is 1. The molecule has 1 N–H and O–H groups in total. The lowest BCUT2D eigenvalue weighted by Gasteiger charge is -2.15. The highest BCUT2D eigenvalue weighted by molar-refractivity contribution is 8.00. The summed E-state index contributed by atoms with van der Waals surface area (Å²) in [6.07, 6.45) is 0.741. The van der Waals surface area contributed by atoms with Crippen molar-refractivity contribution < 1.29 is 9.53 Å². The van der Waals surface area contributed by atoms with Crippen LogP contribution in [0.3, 0.4) is 0 Å². The Morgan fingerprint density at radius 2 is 2.00 bits per heavy atom. The third-order valence-electron chi connectivity index (χ3n) is 5.09. The summed E-state index contributed by atoms with van der Waals surface area (Å²) in [4.78, 5) is 32.1. The number of methoxy groups -OCH3 is 1. The molecule has 8 heteroatoms. The summed E-state index contributed by atoms with van der Waals surface area (Å²) < 4.78 is 6.82. The zero-order valence-corrected chi connectivity index (χ0v) is 19.6. The van der Waals surface area contributed by atoms with E-state index >= 15 is 0 Å². The van der Waals surface area contributed by atoms with E-state index in [0.717, 1.165) is 33.0 Å². The Kier molecular flexibility index (Phi) is 7.20. The van der Waals surface area contributed by atoms with Gasteiger partial charge in [0.2, 0.25) is 5.91 Å². The first-order valence-corrected chi connectivity index (χ1v) is 11.6. The molecule has 3 aromatic rings. The molecule has 0 aliphatic rings. The molecule has 0 spiro atoms. The number of benzene rings is 1. The van der Waals surface area contributed by atoms with E-state index in [1.165, 1.54) is 23.1 Å². The average Bonchev–Trinajstić information content (AvgIpc) is 3.02. The number of hydrogen-bond acceptors (Lipinski definition) is 6. The number of amides is 1. The zero-order valence-electron chi connectivity index (χ0n) is 17.9. The van der Waals surface area contributed by atoms with Gasteiger partial charge in [-0.25, -0.2) is 4.98 Å². The number of aromatic nitrogens is 2. The number of hydrogen-bond donors (Lipinski definition) is 1. The van der Waals surface area contributed by atoms with Crippen molar-refractivity contribution in [3.8, 4) is 5.75 Å². The van der Waals surface area contributed by atoms with Gasteiger partial charge in [-0.1, -0.05) is 23.9 Å². The fraction of sp³-hybridized carbons (Fsp3) is 0.409. The molecule has 0 fully saturated rings. The maximum Gasteiger partial charge on any atom is 0.263 e. The van der Waals surface area contributed by atoms with Gasteiger partial charge in [-0.3, -0.25) is 14.2 Å². The molecule has 0 saturated heterocycles. The van der Waals surface area contributed by atoms with E-state index in [1.54, 1.807) is 11.7 Å². The predicted octanol–water partition coefficient (Wildman–Crippen LogP) is 3.94. The van der Waals surface area contributed by atoms with Crippen LogP contribution >= 0.6 is 23.1 Å². The quantitative estimate of drug-likeness (QED) is 0.420. The first kappa shape index (κ1) is 22.4. The lowest BCUT2D eigenvalue weighted by atomic mass is 10.1. The van der Waals surface area contributed by atoms with Crippen molar-refractivity contribution >= 4 is 39.2 Å². The molecule has 0 bridgehead atoms. The Morgan fingerprint density at radius 3 is 2.63 bits per heavy atom. The summed E-state index contributed by atoms with van der Waals surface area (Å²) in [6.45, 7) is 8.80. The van der Waals surface area contributed by atoms with Gasteiger partial charge in [-0.05, 0) is 57.4 Å². The highest BCUT2D eigenvalue weighted by Gasteiger charge is 2.20. The monoisotopic (exact) mass is 445 g/mol. The Morgan fingerprint density at radius 1 is 1.30 bits per heavy atom. The molecule has 160 valence electrons. The number of fused-ring (bicyclic) bond motifs is 1. The number of thioether (sulfide) groups is 1. The number of carbonyl (C=O) groups is 1. The summed E-state index contributed by atoms with van der Waals surface area (Å²) >= 11 is 2.86. The van der Waals surface area contributed by atoms with Crippen molar-refractivity contribution in [2.24, 2.45) is 0 Å². The number of thiophene rings is 1. The zero-order chi connectivity index (χ0) is 21.8. The second kappa shape index (κ2) is 9.66. The Labute approximate surface area is 184 Å². The number of ether oxygens (including phenoxy) is 1. The Balaban J connectivity index is 1.67. The van der Waals surface area contributed by atoms with E-state index in [4.69, 9.17) is 9.72 Å². The van der Waals surface area contributed by atoms with Crippen LogP contribution in [0, 0.1) is 13.8 Å². The van der Waals surface area contributed by atoms with Gasteiger partial charge in [-0.15, -0.1) is 11.3 Å². The van der Waals surface area contributed by atoms with E-state index in [1.807, 2.05) is 52.0 Å². The Hall–Kier alpha value is -2.32. The number of aryl methyl sites for hydroxylation is 2. The molecule has 6 nitrogen and oxygen atoms in total. The normalized spacial score (nSPS) is 12.2. The van der Waals surface area contributed by atoms with E-state index < -0.39 is 0 Å². The van der Waals surface area contributed by atoms with Gasteiger partial charge in [0.05, 0.1) is 17.7 Å². The van der Waals surface area contributed by atoms with Crippen LogP contribution in [-0.4, -0.2) is 34.4 Å².